The van der Waals surface area contributed by atoms with Gasteiger partial charge in [0.05, 0.1) is 30.9 Å². The SMILES string of the molecule is COc1cc(NC(=O)[C@H](C)n2c(=O)c(-c3ccccc3NC(C)=O)nc3ccccc32)cc(OC)c1. The monoisotopic (exact) mass is 486 g/mol. The van der Waals surface area contributed by atoms with E-state index in [9.17, 15) is 14.4 Å². The smallest absolute Gasteiger partial charge is 0.278 e. The summed E-state index contributed by atoms with van der Waals surface area (Å²) in [4.78, 5) is 43.5. The highest BCUT2D eigenvalue weighted by molar-refractivity contribution is 5.96. The van der Waals surface area contributed by atoms with Crippen molar-refractivity contribution in [3.8, 4) is 22.8 Å². The summed E-state index contributed by atoms with van der Waals surface area (Å²) in [5.74, 6) is 0.344. The summed E-state index contributed by atoms with van der Waals surface area (Å²) in [7, 11) is 3.04. The normalized spacial score (nSPS) is 11.6. The van der Waals surface area contributed by atoms with E-state index in [1.165, 1.54) is 25.7 Å². The number of carbonyl (C=O) groups is 2. The van der Waals surface area contributed by atoms with Crippen molar-refractivity contribution in [1.29, 1.82) is 0 Å². The Bertz CT molecular complexity index is 1490. The molecule has 36 heavy (non-hydrogen) atoms. The second-order valence-corrected chi connectivity index (χ2v) is 8.12. The van der Waals surface area contributed by atoms with Crippen molar-refractivity contribution < 1.29 is 19.1 Å². The number of fused-ring (bicyclic) bond motifs is 1. The van der Waals surface area contributed by atoms with E-state index in [0.717, 1.165) is 0 Å². The fraction of sp³-hybridized carbons (Fsp3) is 0.185. The molecule has 2 amide bonds. The summed E-state index contributed by atoms with van der Waals surface area (Å²) in [6.45, 7) is 3.03. The number of anilines is 2. The molecule has 4 aromatic rings. The predicted molar refractivity (Wildman–Crippen MR) is 139 cm³/mol. The quantitative estimate of drug-likeness (QED) is 0.404. The molecule has 9 heteroatoms. The molecule has 1 heterocycles. The number of rotatable bonds is 7. The van der Waals surface area contributed by atoms with E-state index in [4.69, 9.17) is 9.47 Å². The highest BCUT2D eigenvalue weighted by Gasteiger charge is 2.23. The van der Waals surface area contributed by atoms with Gasteiger partial charge >= 0.3 is 0 Å². The Labute approximate surface area is 207 Å². The number of methoxy groups -OCH3 is 2. The standard InChI is InChI=1S/C27H26N4O5/c1-16(26(33)29-18-13-19(35-3)15-20(14-18)36-4)31-24-12-8-7-11-23(24)30-25(27(31)34)21-9-5-6-10-22(21)28-17(2)32/h5-16H,1-4H3,(H,28,32)(H,29,33)/t16-/m0/s1. The Morgan fingerprint density at radius 3 is 2.22 bits per heavy atom. The van der Waals surface area contributed by atoms with Crippen LogP contribution < -0.4 is 25.7 Å². The molecule has 0 saturated heterocycles. The van der Waals surface area contributed by atoms with Gasteiger partial charge in [-0.15, -0.1) is 0 Å². The van der Waals surface area contributed by atoms with Crippen molar-refractivity contribution >= 4 is 34.2 Å². The highest BCUT2D eigenvalue weighted by Crippen LogP contribution is 2.28. The van der Waals surface area contributed by atoms with Gasteiger partial charge in [-0.1, -0.05) is 30.3 Å². The molecule has 0 bridgehead atoms. The van der Waals surface area contributed by atoms with Crippen LogP contribution in [0.3, 0.4) is 0 Å². The summed E-state index contributed by atoms with van der Waals surface area (Å²) >= 11 is 0. The lowest BCUT2D eigenvalue weighted by Gasteiger charge is -2.20. The van der Waals surface area contributed by atoms with E-state index < -0.39 is 17.5 Å². The van der Waals surface area contributed by atoms with Gasteiger partial charge in [-0.3, -0.25) is 19.0 Å². The van der Waals surface area contributed by atoms with E-state index in [0.29, 0.717) is 39.5 Å². The van der Waals surface area contributed by atoms with E-state index in [2.05, 4.69) is 15.6 Å². The number of ether oxygens (including phenoxy) is 2. The molecule has 184 valence electrons. The molecule has 4 rings (SSSR count). The Morgan fingerprint density at radius 2 is 1.56 bits per heavy atom. The van der Waals surface area contributed by atoms with Gasteiger partial charge in [0.25, 0.3) is 5.56 Å². The largest absolute Gasteiger partial charge is 0.497 e. The fourth-order valence-electron chi connectivity index (χ4n) is 3.95. The maximum atomic E-state index is 13.8. The number of aromatic nitrogens is 2. The van der Waals surface area contributed by atoms with Crippen molar-refractivity contribution in [3.05, 3.63) is 77.1 Å². The molecule has 0 spiro atoms. The maximum Gasteiger partial charge on any atom is 0.278 e. The first kappa shape index (κ1) is 24.5. The van der Waals surface area contributed by atoms with Crippen molar-refractivity contribution in [2.75, 3.05) is 24.9 Å². The minimum Gasteiger partial charge on any atom is -0.497 e. The Morgan fingerprint density at radius 1 is 0.917 bits per heavy atom. The zero-order valence-corrected chi connectivity index (χ0v) is 20.4. The van der Waals surface area contributed by atoms with Crippen LogP contribution >= 0.6 is 0 Å². The maximum absolute atomic E-state index is 13.8. The summed E-state index contributed by atoms with van der Waals surface area (Å²) in [5, 5.41) is 5.58. The minimum atomic E-state index is -0.894. The van der Waals surface area contributed by atoms with Crippen LogP contribution in [0.1, 0.15) is 19.9 Å². The van der Waals surface area contributed by atoms with Crippen LogP contribution in [0.25, 0.3) is 22.3 Å². The number of hydrogen-bond acceptors (Lipinski definition) is 6. The molecule has 0 radical (unpaired) electrons. The Kier molecular flexibility index (Phi) is 7.00. The van der Waals surface area contributed by atoms with E-state index in [1.54, 1.807) is 73.7 Å². The van der Waals surface area contributed by atoms with Crippen LogP contribution in [0, 0.1) is 0 Å². The zero-order chi connectivity index (χ0) is 25.8. The predicted octanol–water partition coefficient (Wildman–Crippen LogP) is 4.24. The molecule has 0 saturated carbocycles. The third-order valence-electron chi connectivity index (χ3n) is 5.67. The van der Waals surface area contributed by atoms with Crippen molar-refractivity contribution in [3.63, 3.8) is 0 Å². The lowest BCUT2D eigenvalue weighted by molar-refractivity contribution is -0.118. The van der Waals surface area contributed by atoms with Gasteiger partial charge < -0.3 is 20.1 Å². The first-order valence-electron chi connectivity index (χ1n) is 11.2. The number of carbonyl (C=O) groups excluding carboxylic acids is 2. The van der Waals surface area contributed by atoms with Gasteiger partial charge in [0.1, 0.15) is 23.2 Å². The fourth-order valence-corrected chi connectivity index (χ4v) is 3.95. The van der Waals surface area contributed by atoms with Crippen LogP contribution in [0.15, 0.2) is 71.5 Å². The zero-order valence-electron chi connectivity index (χ0n) is 20.4. The summed E-state index contributed by atoms with van der Waals surface area (Å²) in [5.41, 5.74) is 2.09. The number of benzene rings is 3. The average molecular weight is 487 g/mol. The molecule has 3 aromatic carbocycles. The molecular weight excluding hydrogens is 460 g/mol. The first-order chi connectivity index (χ1) is 17.3. The van der Waals surface area contributed by atoms with Crippen LogP contribution in [0.4, 0.5) is 11.4 Å². The van der Waals surface area contributed by atoms with Crippen LogP contribution in [0.2, 0.25) is 0 Å². The summed E-state index contributed by atoms with van der Waals surface area (Å²) in [6.07, 6.45) is 0. The molecule has 0 fully saturated rings. The first-order valence-corrected chi connectivity index (χ1v) is 11.2. The van der Waals surface area contributed by atoms with E-state index in [1.807, 2.05) is 0 Å². The Balaban J connectivity index is 1.82. The molecular formula is C27H26N4O5. The van der Waals surface area contributed by atoms with Crippen LogP contribution in [-0.2, 0) is 9.59 Å². The van der Waals surface area contributed by atoms with Gasteiger partial charge in [-0.2, -0.15) is 0 Å². The van der Waals surface area contributed by atoms with Gasteiger partial charge in [0, 0.05) is 36.4 Å². The third-order valence-corrected chi connectivity index (χ3v) is 5.67. The van der Waals surface area contributed by atoms with Crippen molar-refractivity contribution in [2.24, 2.45) is 0 Å². The number of hydrogen-bond donors (Lipinski definition) is 2. The van der Waals surface area contributed by atoms with Gasteiger partial charge in [0.15, 0.2) is 0 Å². The highest BCUT2D eigenvalue weighted by atomic mass is 16.5. The van der Waals surface area contributed by atoms with Gasteiger partial charge in [0.2, 0.25) is 11.8 Å². The third kappa shape index (κ3) is 4.90. The molecule has 9 nitrogen and oxygen atoms in total. The van der Waals surface area contributed by atoms with Crippen molar-refractivity contribution in [1.82, 2.24) is 9.55 Å². The molecule has 1 aromatic heterocycles. The lowest BCUT2D eigenvalue weighted by Crippen LogP contribution is -2.33. The van der Waals surface area contributed by atoms with Gasteiger partial charge in [-0.05, 0) is 25.1 Å². The van der Waals surface area contributed by atoms with Gasteiger partial charge in [-0.25, -0.2) is 4.98 Å². The lowest BCUT2D eigenvalue weighted by atomic mass is 10.1. The second kappa shape index (κ2) is 10.3. The van der Waals surface area contributed by atoms with Crippen molar-refractivity contribution in [2.45, 2.75) is 19.9 Å². The van der Waals surface area contributed by atoms with E-state index in [-0.39, 0.29) is 11.6 Å². The van der Waals surface area contributed by atoms with Crippen LogP contribution in [-0.4, -0.2) is 35.6 Å². The minimum absolute atomic E-state index is 0.126. The molecule has 0 aliphatic carbocycles. The number of nitrogens with one attached hydrogen (secondary N) is 2. The molecule has 2 N–H and O–H groups in total. The Hall–Kier alpha value is -4.66. The van der Waals surface area contributed by atoms with E-state index >= 15 is 0 Å². The summed E-state index contributed by atoms with van der Waals surface area (Å²) < 4.78 is 12.0. The molecule has 1 atom stereocenters. The molecule has 0 aliphatic rings. The molecule has 0 unspecified atom stereocenters. The second-order valence-electron chi connectivity index (χ2n) is 8.12. The number of nitrogens with zero attached hydrogens (tertiary/aromatic N) is 2. The topological polar surface area (TPSA) is 112 Å². The average Bonchev–Trinajstić information content (AvgIpc) is 2.87. The number of para-hydroxylation sites is 3. The molecule has 0 aliphatic heterocycles. The summed E-state index contributed by atoms with van der Waals surface area (Å²) in [6, 6.07) is 18.1. The van der Waals surface area contributed by atoms with Crippen LogP contribution in [0.5, 0.6) is 11.5 Å². The number of amides is 2.